The monoisotopic (exact) mass is 477 g/mol. The Balaban J connectivity index is 1.76. The summed E-state index contributed by atoms with van der Waals surface area (Å²) in [6.45, 7) is 5.11. The molecule has 0 atom stereocenters. The van der Waals surface area contributed by atoms with E-state index in [-0.39, 0.29) is 22.7 Å². The molecule has 2 saturated heterocycles. The van der Waals surface area contributed by atoms with Gasteiger partial charge in [0.25, 0.3) is 17.5 Å². The molecule has 2 aromatic rings. The fourth-order valence-corrected chi connectivity index (χ4v) is 4.17. The van der Waals surface area contributed by atoms with Gasteiger partial charge in [0, 0.05) is 56.5 Å². The van der Waals surface area contributed by atoms with Crippen LogP contribution >= 0.6 is 0 Å². The Kier molecular flexibility index (Phi) is 6.32. The van der Waals surface area contributed by atoms with Crippen molar-refractivity contribution in [2.75, 3.05) is 36.0 Å². The normalized spacial score (nSPS) is 17.6. The van der Waals surface area contributed by atoms with E-state index in [1.165, 1.54) is 25.1 Å². The summed E-state index contributed by atoms with van der Waals surface area (Å²) in [6.07, 6.45) is 1.27. The number of hydrogen-bond acceptors (Lipinski definition) is 7. The van der Waals surface area contributed by atoms with Gasteiger partial charge in [0.05, 0.1) is 10.6 Å². The summed E-state index contributed by atoms with van der Waals surface area (Å²) in [5.41, 5.74) is 1.31. The van der Waals surface area contributed by atoms with Gasteiger partial charge >= 0.3 is 6.03 Å². The van der Waals surface area contributed by atoms with Crippen LogP contribution in [0.4, 0.5) is 21.9 Å². The van der Waals surface area contributed by atoms with Crippen molar-refractivity contribution in [1.29, 1.82) is 0 Å². The number of carbonyl (C=O) groups is 4. The molecule has 2 heterocycles. The minimum atomic E-state index is -0.885. The second kappa shape index (κ2) is 9.37. The number of imide groups is 2. The van der Waals surface area contributed by atoms with Gasteiger partial charge in [-0.1, -0.05) is 18.2 Å². The van der Waals surface area contributed by atoms with Crippen LogP contribution in [0.25, 0.3) is 6.08 Å². The van der Waals surface area contributed by atoms with Crippen LogP contribution in [-0.2, 0) is 14.4 Å². The molecule has 0 aliphatic carbocycles. The van der Waals surface area contributed by atoms with Gasteiger partial charge in [-0.15, -0.1) is 0 Å². The van der Waals surface area contributed by atoms with Gasteiger partial charge in [-0.2, -0.15) is 0 Å². The second-order valence-corrected chi connectivity index (χ2v) is 8.24. The van der Waals surface area contributed by atoms with Gasteiger partial charge < -0.3 is 9.80 Å². The van der Waals surface area contributed by atoms with Crippen molar-refractivity contribution >= 4 is 46.9 Å². The number of carbonyl (C=O) groups excluding carboxylic acids is 4. The van der Waals surface area contributed by atoms with Gasteiger partial charge in [0.15, 0.2) is 0 Å². The standard InChI is InChI=1S/C24H23N5O6/c1-15-5-3-4-6-20(15)28-23(32)19(22(31)25-24(28)33)14-17-13-18(29(34)35)7-8-21(17)27-11-9-26(10-12-27)16(2)30/h3-8,13-14H,9-12H2,1-2H3,(H,25,31,33)/b19-14-. The Morgan fingerprint density at radius 3 is 2.34 bits per heavy atom. The number of nitrogens with zero attached hydrogens (tertiary/aromatic N) is 4. The lowest BCUT2D eigenvalue weighted by molar-refractivity contribution is -0.384. The van der Waals surface area contributed by atoms with E-state index in [0.717, 1.165) is 4.90 Å². The largest absolute Gasteiger partial charge is 0.367 e. The summed E-state index contributed by atoms with van der Waals surface area (Å²) < 4.78 is 0. The highest BCUT2D eigenvalue weighted by molar-refractivity contribution is 6.39. The van der Waals surface area contributed by atoms with Crippen molar-refractivity contribution in [2.24, 2.45) is 0 Å². The Morgan fingerprint density at radius 1 is 1.03 bits per heavy atom. The van der Waals surface area contributed by atoms with Crippen molar-refractivity contribution < 1.29 is 24.1 Å². The summed E-state index contributed by atoms with van der Waals surface area (Å²) in [4.78, 5) is 65.5. The van der Waals surface area contributed by atoms with Crippen LogP contribution in [-0.4, -0.2) is 59.8 Å². The average molecular weight is 477 g/mol. The highest BCUT2D eigenvalue weighted by Gasteiger charge is 2.37. The van der Waals surface area contributed by atoms with Gasteiger partial charge in [-0.25, -0.2) is 9.69 Å². The Morgan fingerprint density at radius 2 is 1.71 bits per heavy atom. The molecule has 0 spiro atoms. The third-order valence-electron chi connectivity index (χ3n) is 6.05. The molecule has 2 fully saturated rings. The van der Waals surface area contributed by atoms with Crippen molar-refractivity contribution in [3.8, 4) is 0 Å². The summed E-state index contributed by atoms with van der Waals surface area (Å²) in [7, 11) is 0. The van der Waals surface area contributed by atoms with Crippen molar-refractivity contribution in [3.63, 3.8) is 0 Å². The summed E-state index contributed by atoms with van der Waals surface area (Å²) in [5.74, 6) is -1.75. The van der Waals surface area contributed by atoms with E-state index in [4.69, 9.17) is 0 Å². The maximum Gasteiger partial charge on any atom is 0.335 e. The molecule has 35 heavy (non-hydrogen) atoms. The molecule has 2 aliphatic heterocycles. The molecular formula is C24H23N5O6. The second-order valence-electron chi connectivity index (χ2n) is 8.24. The molecule has 11 nitrogen and oxygen atoms in total. The molecule has 0 radical (unpaired) electrons. The number of para-hydroxylation sites is 1. The third-order valence-corrected chi connectivity index (χ3v) is 6.05. The average Bonchev–Trinajstić information content (AvgIpc) is 2.82. The number of urea groups is 1. The molecule has 2 aliphatic rings. The zero-order valence-corrected chi connectivity index (χ0v) is 19.2. The fourth-order valence-electron chi connectivity index (χ4n) is 4.17. The van der Waals surface area contributed by atoms with Crippen LogP contribution in [0.1, 0.15) is 18.1 Å². The lowest BCUT2D eigenvalue weighted by atomic mass is 10.0. The number of piperazine rings is 1. The van der Waals surface area contributed by atoms with E-state index in [0.29, 0.717) is 43.1 Å². The number of aryl methyl sites for hydroxylation is 1. The molecule has 0 bridgehead atoms. The summed E-state index contributed by atoms with van der Waals surface area (Å²) in [5, 5.41) is 13.6. The van der Waals surface area contributed by atoms with Gasteiger partial charge in [-0.05, 0) is 30.7 Å². The Bertz CT molecular complexity index is 1280. The number of anilines is 2. The van der Waals surface area contributed by atoms with Crippen molar-refractivity contribution in [1.82, 2.24) is 10.2 Å². The Hall–Kier alpha value is -4.54. The number of hydrogen-bond donors (Lipinski definition) is 1. The van der Waals surface area contributed by atoms with E-state index in [1.54, 1.807) is 42.2 Å². The lowest BCUT2D eigenvalue weighted by Crippen LogP contribution is -2.54. The lowest BCUT2D eigenvalue weighted by Gasteiger charge is -2.36. The zero-order valence-electron chi connectivity index (χ0n) is 19.2. The summed E-state index contributed by atoms with van der Waals surface area (Å²) in [6, 6.07) is 10.1. The molecule has 0 saturated carbocycles. The maximum atomic E-state index is 13.3. The first-order valence-corrected chi connectivity index (χ1v) is 10.9. The predicted octanol–water partition coefficient (Wildman–Crippen LogP) is 2.24. The molecule has 0 unspecified atom stereocenters. The highest BCUT2D eigenvalue weighted by Crippen LogP contribution is 2.31. The zero-order chi connectivity index (χ0) is 25.3. The predicted molar refractivity (Wildman–Crippen MR) is 128 cm³/mol. The van der Waals surface area contributed by atoms with Gasteiger partial charge in [-0.3, -0.25) is 29.8 Å². The molecular weight excluding hydrogens is 454 g/mol. The van der Waals surface area contributed by atoms with E-state index in [1.807, 2.05) is 4.90 Å². The number of rotatable bonds is 4. The third kappa shape index (κ3) is 4.60. The molecule has 5 amide bonds. The van der Waals surface area contributed by atoms with Crippen molar-refractivity contribution in [3.05, 3.63) is 69.3 Å². The van der Waals surface area contributed by atoms with Crippen LogP contribution in [0.15, 0.2) is 48.0 Å². The smallest absolute Gasteiger partial charge is 0.335 e. The first-order valence-electron chi connectivity index (χ1n) is 10.9. The maximum absolute atomic E-state index is 13.3. The number of barbiturate groups is 1. The van der Waals surface area contributed by atoms with Crippen LogP contribution < -0.4 is 15.1 Å². The van der Waals surface area contributed by atoms with Crippen LogP contribution in [0.3, 0.4) is 0 Å². The number of amides is 5. The molecule has 4 rings (SSSR count). The topological polar surface area (TPSA) is 133 Å². The van der Waals surface area contributed by atoms with Crippen LogP contribution in [0, 0.1) is 17.0 Å². The Labute approximate surface area is 200 Å². The fraction of sp³-hybridized carbons (Fsp3) is 0.250. The minimum Gasteiger partial charge on any atom is -0.367 e. The van der Waals surface area contributed by atoms with E-state index in [2.05, 4.69) is 5.32 Å². The number of benzene rings is 2. The van der Waals surface area contributed by atoms with Gasteiger partial charge in [0.1, 0.15) is 5.57 Å². The van der Waals surface area contributed by atoms with Crippen LogP contribution in [0.2, 0.25) is 0 Å². The van der Waals surface area contributed by atoms with E-state index < -0.39 is 22.8 Å². The van der Waals surface area contributed by atoms with Crippen LogP contribution in [0.5, 0.6) is 0 Å². The number of nitro groups is 1. The number of non-ortho nitro benzene ring substituents is 1. The highest BCUT2D eigenvalue weighted by atomic mass is 16.6. The van der Waals surface area contributed by atoms with E-state index >= 15 is 0 Å². The molecule has 1 N–H and O–H groups in total. The van der Waals surface area contributed by atoms with Crippen molar-refractivity contribution in [2.45, 2.75) is 13.8 Å². The van der Waals surface area contributed by atoms with E-state index in [9.17, 15) is 29.3 Å². The molecule has 180 valence electrons. The SMILES string of the molecule is CC(=O)N1CCN(c2ccc([N+](=O)[O-])cc2/C=C2/C(=O)NC(=O)N(c3ccccc3C)C2=O)CC1. The molecule has 11 heteroatoms. The quantitative estimate of drug-likeness (QED) is 0.309. The molecule has 0 aromatic heterocycles. The number of nitrogens with one attached hydrogen (secondary N) is 1. The van der Waals surface area contributed by atoms with Gasteiger partial charge in [0.2, 0.25) is 5.91 Å². The summed E-state index contributed by atoms with van der Waals surface area (Å²) >= 11 is 0. The minimum absolute atomic E-state index is 0.0406. The first kappa shape index (κ1) is 23.6. The number of nitro benzene ring substituents is 1. The molecule has 2 aromatic carbocycles. The first-order chi connectivity index (χ1) is 16.7.